The molecule has 1 saturated heterocycles. The van der Waals surface area contributed by atoms with Gasteiger partial charge in [0.15, 0.2) is 5.78 Å². The van der Waals surface area contributed by atoms with E-state index in [9.17, 15) is 14.4 Å². The van der Waals surface area contributed by atoms with Crippen molar-refractivity contribution in [2.75, 3.05) is 42.5 Å². The van der Waals surface area contributed by atoms with E-state index in [1.807, 2.05) is 52.4 Å². The van der Waals surface area contributed by atoms with E-state index < -0.39 is 0 Å². The monoisotopic (exact) mass is 480 g/mol. The summed E-state index contributed by atoms with van der Waals surface area (Å²) >= 11 is 1.44. The maximum absolute atomic E-state index is 13.0. The molecule has 0 saturated carbocycles. The van der Waals surface area contributed by atoms with Crippen LogP contribution in [-0.4, -0.2) is 72.2 Å². The number of anilines is 2. The fourth-order valence-corrected chi connectivity index (χ4v) is 5.59. The molecule has 1 N–H and O–H groups in total. The van der Waals surface area contributed by atoms with Crippen molar-refractivity contribution in [1.29, 1.82) is 0 Å². The van der Waals surface area contributed by atoms with Gasteiger partial charge in [0.2, 0.25) is 12.2 Å². The fraction of sp³-hybridized carbons (Fsp3) is 0.417. The number of fused-ring (bicyclic) bond motifs is 3. The van der Waals surface area contributed by atoms with Crippen LogP contribution in [0.5, 0.6) is 0 Å². The number of carbonyl (C=O) groups excluding carboxylic acids is 3. The van der Waals surface area contributed by atoms with Gasteiger partial charge in [-0.05, 0) is 49.6 Å². The molecule has 3 aliphatic rings. The summed E-state index contributed by atoms with van der Waals surface area (Å²) in [4.78, 5) is 45.9. The molecule has 0 spiro atoms. The number of benzene rings is 1. The minimum Gasteiger partial charge on any atom is -0.368 e. The zero-order chi connectivity index (χ0) is 23.8. The molecule has 34 heavy (non-hydrogen) atoms. The smallest absolute Gasteiger partial charge is 0.269 e. The third-order valence-electron chi connectivity index (χ3n) is 6.66. The summed E-state index contributed by atoms with van der Waals surface area (Å²) in [5, 5.41) is 6.40. The zero-order valence-corrected chi connectivity index (χ0v) is 20.2. The molecule has 2 aromatic rings. The van der Waals surface area contributed by atoms with Gasteiger partial charge in [-0.1, -0.05) is 0 Å². The number of rotatable bonds is 6. The van der Waals surface area contributed by atoms with Gasteiger partial charge >= 0.3 is 0 Å². The van der Waals surface area contributed by atoms with Crippen molar-refractivity contribution in [2.24, 2.45) is 5.10 Å². The second-order valence-electron chi connectivity index (χ2n) is 8.60. The summed E-state index contributed by atoms with van der Waals surface area (Å²) in [6.45, 7) is 6.94. The van der Waals surface area contributed by atoms with E-state index in [1.165, 1.54) is 11.3 Å². The fourth-order valence-electron chi connectivity index (χ4n) is 4.75. The normalized spacial score (nSPS) is 19.5. The molecule has 0 bridgehead atoms. The summed E-state index contributed by atoms with van der Waals surface area (Å²) in [5.74, 6) is 0.976. The highest BCUT2D eigenvalue weighted by molar-refractivity contribution is 7.12. The first-order valence-corrected chi connectivity index (χ1v) is 12.5. The van der Waals surface area contributed by atoms with Crippen molar-refractivity contribution < 1.29 is 14.4 Å². The SMILES string of the molecule is CCN1C(=O)c2sccc2N2C(CCC(=O)N3CCN(c4ccc(C(C)=O)cc4)CC3)=NNC12. The van der Waals surface area contributed by atoms with Crippen molar-refractivity contribution in [3.05, 3.63) is 46.2 Å². The molecule has 3 aliphatic heterocycles. The summed E-state index contributed by atoms with van der Waals surface area (Å²) < 4.78 is 0. The molecule has 5 rings (SSSR count). The molecular formula is C24H28N6O3S. The summed E-state index contributed by atoms with van der Waals surface area (Å²) in [7, 11) is 0. The standard InChI is InChI=1S/C24H28N6O3S/c1-3-29-23(33)22-19(10-15-34-22)30-20(25-26-24(29)30)8-9-21(32)28-13-11-27(12-14-28)18-6-4-17(5-7-18)16(2)31/h4-7,10,15,24,26H,3,8-9,11-14H2,1-2H3. The van der Waals surface area contributed by atoms with Gasteiger partial charge in [0.05, 0.1) is 5.69 Å². The van der Waals surface area contributed by atoms with E-state index >= 15 is 0 Å². The molecule has 9 nitrogen and oxygen atoms in total. The first-order valence-electron chi connectivity index (χ1n) is 11.6. The minimum absolute atomic E-state index is 0.0163. The summed E-state index contributed by atoms with van der Waals surface area (Å²) in [6, 6.07) is 9.59. The highest BCUT2D eigenvalue weighted by atomic mass is 32.1. The molecule has 1 fully saturated rings. The lowest BCUT2D eigenvalue weighted by atomic mass is 10.1. The zero-order valence-electron chi connectivity index (χ0n) is 19.4. The lowest BCUT2D eigenvalue weighted by Gasteiger charge is -2.39. The van der Waals surface area contributed by atoms with Crippen LogP contribution in [0.1, 0.15) is 46.7 Å². The Bertz CT molecular complexity index is 1140. The minimum atomic E-state index is -0.331. The van der Waals surface area contributed by atoms with Crippen LogP contribution >= 0.6 is 11.3 Å². The Balaban J connectivity index is 1.17. The number of hydrazone groups is 1. The van der Waals surface area contributed by atoms with Gasteiger partial charge < -0.3 is 9.80 Å². The average Bonchev–Trinajstić information content (AvgIpc) is 3.50. The molecule has 1 aromatic carbocycles. The van der Waals surface area contributed by atoms with Crippen LogP contribution in [0.4, 0.5) is 11.4 Å². The van der Waals surface area contributed by atoms with Crippen LogP contribution < -0.4 is 15.2 Å². The molecule has 1 unspecified atom stereocenters. The first kappa shape index (κ1) is 22.4. The largest absolute Gasteiger partial charge is 0.368 e. The van der Waals surface area contributed by atoms with Gasteiger partial charge in [-0.3, -0.25) is 29.6 Å². The van der Waals surface area contributed by atoms with E-state index in [2.05, 4.69) is 15.4 Å². The molecule has 4 heterocycles. The van der Waals surface area contributed by atoms with E-state index in [4.69, 9.17) is 0 Å². The highest BCUT2D eigenvalue weighted by Gasteiger charge is 2.42. The van der Waals surface area contributed by atoms with Gasteiger partial charge in [-0.15, -0.1) is 11.3 Å². The van der Waals surface area contributed by atoms with Crippen molar-refractivity contribution in [3.8, 4) is 0 Å². The van der Waals surface area contributed by atoms with Gasteiger partial charge in [0.25, 0.3) is 5.91 Å². The topological polar surface area (TPSA) is 88.6 Å². The number of nitrogens with zero attached hydrogens (tertiary/aromatic N) is 5. The van der Waals surface area contributed by atoms with Gasteiger partial charge in [-0.25, -0.2) is 0 Å². The van der Waals surface area contributed by atoms with Crippen molar-refractivity contribution in [3.63, 3.8) is 0 Å². The quantitative estimate of drug-likeness (QED) is 0.640. The Morgan fingerprint density at radius 2 is 1.85 bits per heavy atom. The number of ketones is 1. The van der Waals surface area contributed by atoms with Gasteiger partial charge in [0, 0.05) is 56.8 Å². The molecule has 2 amide bonds. The number of carbonyl (C=O) groups is 3. The number of thiophene rings is 1. The number of amides is 2. The molecule has 10 heteroatoms. The first-order chi connectivity index (χ1) is 16.5. The van der Waals surface area contributed by atoms with Crippen LogP contribution in [0.25, 0.3) is 0 Å². The predicted molar refractivity (Wildman–Crippen MR) is 132 cm³/mol. The lowest BCUT2D eigenvalue weighted by Crippen LogP contribution is -2.58. The van der Waals surface area contributed by atoms with Gasteiger partial charge in [-0.2, -0.15) is 5.10 Å². The Labute approximate surface area is 202 Å². The second kappa shape index (κ2) is 9.09. The van der Waals surface area contributed by atoms with Crippen molar-refractivity contribution >= 4 is 46.1 Å². The molecule has 0 aliphatic carbocycles. The van der Waals surface area contributed by atoms with E-state index in [0.717, 1.165) is 30.3 Å². The number of hydrogen-bond acceptors (Lipinski definition) is 8. The summed E-state index contributed by atoms with van der Waals surface area (Å²) in [5.41, 5.74) is 5.72. The molecular weight excluding hydrogens is 452 g/mol. The Kier molecular flexibility index (Phi) is 5.99. The molecule has 0 radical (unpaired) electrons. The van der Waals surface area contributed by atoms with Crippen molar-refractivity contribution in [2.45, 2.75) is 33.0 Å². The predicted octanol–water partition coefficient (Wildman–Crippen LogP) is 2.56. The lowest BCUT2D eigenvalue weighted by molar-refractivity contribution is -0.131. The third kappa shape index (κ3) is 3.91. The number of amidine groups is 1. The molecule has 1 atom stereocenters. The Morgan fingerprint density at radius 1 is 1.12 bits per heavy atom. The van der Waals surface area contributed by atoms with Crippen LogP contribution in [-0.2, 0) is 4.79 Å². The highest BCUT2D eigenvalue weighted by Crippen LogP contribution is 2.36. The number of nitrogens with one attached hydrogen (secondary N) is 1. The van der Waals surface area contributed by atoms with Gasteiger partial charge in [0.1, 0.15) is 10.7 Å². The number of Topliss-reactive ketones (excluding diaryl/α,β-unsaturated/α-hetero) is 1. The maximum Gasteiger partial charge on any atom is 0.269 e. The van der Waals surface area contributed by atoms with Crippen molar-refractivity contribution in [1.82, 2.24) is 15.2 Å². The Hall–Kier alpha value is -3.40. The van der Waals surface area contributed by atoms with Crippen LogP contribution in [0.2, 0.25) is 0 Å². The maximum atomic E-state index is 13.0. The van der Waals surface area contributed by atoms with Crippen LogP contribution in [0.3, 0.4) is 0 Å². The summed E-state index contributed by atoms with van der Waals surface area (Å²) in [6.07, 6.45) is 0.551. The van der Waals surface area contributed by atoms with Crippen LogP contribution in [0.15, 0.2) is 40.8 Å². The number of hydrogen-bond donors (Lipinski definition) is 1. The molecule has 1 aromatic heterocycles. The van der Waals surface area contributed by atoms with E-state index in [-0.39, 0.29) is 23.9 Å². The molecule has 178 valence electrons. The second-order valence-corrected chi connectivity index (χ2v) is 9.51. The van der Waals surface area contributed by atoms with E-state index in [1.54, 1.807) is 11.8 Å². The number of piperazine rings is 1. The average molecular weight is 481 g/mol. The van der Waals surface area contributed by atoms with E-state index in [0.29, 0.717) is 42.9 Å². The third-order valence-corrected chi connectivity index (χ3v) is 7.55. The Morgan fingerprint density at radius 3 is 2.53 bits per heavy atom. The van der Waals surface area contributed by atoms with Crippen LogP contribution in [0, 0.1) is 0 Å².